The second-order valence-electron chi connectivity index (χ2n) is 4.70. The first-order valence-electron chi connectivity index (χ1n) is 5.13. The number of rotatable bonds is 3. The van der Waals surface area contributed by atoms with Crippen LogP contribution in [-0.2, 0) is 4.74 Å². The summed E-state index contributed by atoms with van der Waals surface area (Å²) in [5.74, 6) is 0. The molecule has 1 saturated heterocycles. The molecule has 4 heteroatoms. The van der Waals surface area contributed by atoms with Crippen LogP contribution in [0.25, 0.3) is 0 Å². The van der Waals surface area contributed by atoms with E-state index in [0.29, 0.717) is 13.2 Å². The maximum Gasteiger partial charge on any atom is 0.410 e. The molecule has 82 valence electrons. The van der Waals surface area contributed by atoms with E-state index in [1.165, 1.54) is 0 Å². The second kappa shape index (κ2) is 4.17. The molecular weight excluding hydrogens is 180 g/mol. The first-order chi connectivity index (χ1) is 6.46. The van der Waals surface area contributed by atoms with Gasteiger partial charge >= 0.3 is 6.09 Å². The molecule has 0 radical (unpaired) electrons. The third-order valence-electron chi connectivity index (χ3n) is 2.43. The van der Waals surface area contributed by atoms with Crippen molar-refractivity contribution in [3.63, 3.8) is 0 Å². The van der Waals surface area contributed by atoms with Crippen molar-refractivity contribution >= 4 is 6.09 Å². The largest absolute Gasteiger partial charge is 0.447 e. The predicted molar refractivity (Wildman–Crippen MR) is 55.0 cm³/mol. The van der Waals surface area contributed by atoms with Crippen molar-refractivity contribution < 1.29 is 9.53 Å². The fourth-order valence-electron chi connectivity index (χ4n) is 1.85. The molecular formula is C10H20N2O2. The lowest BCUT2D eigenvalue weighted by molar-refractivity contribution is 0.120. The SMILES string of the molecule is CC(C)(C)N1C(=O)OCC1CCCN. The predicted octanol–water partition coefficient (Wildman–Crippen LogP) is 1.34. The zero-order valence-electron chi connectivity index (χ0n) is 9.25. The highest BCUT2D eigenvalue weighted by Gasteiger charge is 2.39. The van der Waals surface area contributed by atoms with E-state index in [9.17, 15) is 4.79 Å². The minimum atomic E-state index is -0.195. The molecule has 0 bridgehead atoms. The Labute approximate surface area is 85.4 Å². The highest BCUT2D eigenvalue weighted by atomic mass is 16.6. The molecule has 1 aliphatic rings. The molecule has 1 aliphatic heterocycles. The molecule has 0 aromatic rings. The van der Waals surface area contributed by atoms with Crippen LogP contribution in [0.2, 0.25) is 0 Å². The molecule has 2 N–H and O–H groups in total. The zero-order valence-corrected chi connectivity index (χ0v) is 9.25. The fraction of sp³-hybridized carbons (Fsp3) is 0.900. The normalized spacial score (nSPS) is 22.7. The van der Waals surface area contributed by atoms with Crippen LogP contribution in [0.3, 0.4) is 0 Å². The standard InChI is InChI=1S/C10H20N2O2/c1-10(2,3)12-8(5-4-6-11)7-14-9(12)13/h8H,4-7,11H2,1-3H3. The van der Waals surface area contributed by atoms with Crippen molar-refractivity contribution in [2.75, 3.05) is 13.2 Å². The van der Waals surface area contributed by atoms with E-state index in [2.05, 4.69) is 0 Å². The van der Waals surface area contributed by atoms with Crippen LogP contribution in [0.5, 0.6) is 0 Å². The van der Waals surface area contributed by atoms with Gasteiger partial charge in [-0.05, 0) is 40.2 Å². The number of nitrogens with two attached hydrogens (primary N) is 1. The summed E-state index contributed by atoms with van der Waals surface area (Å²) >= 11 is 0. The van der Waals surface area contributed by atoms with E-state index in [1.807, 2.05) is 25.7 Å². The Balaban J connectivity index is 2.62. The fourth-order valence-corrected chi connectivity index (χ4v) is 1.85. The Morgan fingerprint density at radius 2 is 2.21 bits per heavy atom. The second-order valence-corrected chi connectivity index (χ2v) is 4.70. The molecule has 0 aromatic carbocycles. The van der Waals surface area contributed by atoms with Gasteiger partial charge in [-0.25, -0.2) is 4.79 Å². The van der Waals surface area contributed by atoms with E-state index in [-0.39, 0.29) is 17.7 Å². The van der Waals surface area contributed by atoms with Crippen molar-refractivity contribution in [3.05, 3.63) is 0 Å². The third kappa shape index (κ3) is 2.38. The maximum atomic E-state index is 11.5. The van der Waals surface area contributed by atoms with Crippen LogP contribution < -0.4 is 5.73 Å². The van der Waals surface area contributed by atoms with E-state index >= 15 is 0 Å². The summed E-state index contributed by atoms with van der Waals surface area (Å²) in [6.45, 7) is 7.25. The third-order valence-corrected chi connectivity index (χ3v) is 2.43. The van der Waals surface area contributed by atoms with Crippen molar-refractivity contribution in [1.29, 1.82) is 0 Å². The van der Waals surface area contributed by atoms with Crippen LogP contribution in [0.4, 0.5) is 4.79 Å². The molecule has 0 aromatic heterocycles. The van der Waals surface area contributed by atoms with Crippen molar-refractivity contribution in [3.8, 4) is 0 Å². The molecule has 1 heterocycles. The Morgan fingerprint density at radius 1 is 1.57 bits per heavy atom. The Morgan fingerprint density at radius 3 is 2.71 bits per heavy atom. The zero-order chi connectivity index (χ0) is 10.8. The van der Waals surface area contributed by atoms with E-state index in [4.69, 9.17) is 10.5 Å². The van der Waals surface area contributed by atoms with Gasteiger partial charge in [0.1, 0.15) is 6.61 Å². The molecule has 1 rings (SSSR count). The topological polar surface area (TPSA) is 55.6 Å². The average Bonchev–Trinajstić information content (AvgIpc) is 2.42. The lowest BCUT2D eigenvalue weighted by Gasteiger charge is -2.34. The lowest BCUT2D eigenvalue weighted by atomic mass is 10.0. The summed E-state index contributed by atoms with van der Waals surface area (Å²) in [4.78, 5) is 13.3. The van der Waals surface area contributed by atoms with Crippen LogP contribution in [0.15, 0.2) is 0 Å². The minimum absolute atomic E-state index is 0.160. The number of nitrogens with zero attached hydrogens (tertiary/aromatic N) is 1. The first kappa shape index (κ1) is 11.3. The van der Waals surface area contributed by atoms with E-state index < -0.39 is 0 Å². The number of hydrogen-bond acceptors (Lipinski definition) is 3. The summed E-state index contributed by atoms with van der Waals surface area (Å²) in [6.07, 6.45) is 1.67. The van der Waals surface area contributed by atoms with Crippen molar-refractivity contribution in [1.82, 2.24) is 4.90 Å². The van der Waals surface area contributed by atoms with Gasteiger partial charge in [-0.15, -0.1) is 0 Å². The summed E-state index contributed by atoms with van der Waals surface area (Å²) in [6, 6.07) is 0.200. The van der Waals surface area contributed by atoms with Gasteiger partial charge in [0.2, 0.25) is 0 Å². The van der Waals surface area contributed by atoms with Gasteiger partial charge in [0, 0.05) is 5.54 Å². The van der Waals surface area contributed by atoms with Gasteiger partial charge in [0.05, 0.1) is 6.04 Å². The smallest absolute Gasteiger partial charge is 0.410 e. The molecule has 1 amide bonds. The molecule has 4 nitrogen and oxygen atoms in total. The molecule has 1 unspecified atom stereocenters. The van der Waals surface area contributed by atoms with Crippen LogP contribution in [0, 0.1) is 0 Å². The number of carbonyl (C=O) groups is 1. The summed E-state index contributed by atoms with van der Waals surface area (Å²) in [5.41, 5.74) is 5.29. The van der Waals surface area contributed by atoms with E-state index in [0.717, 1.165) is 12.8 Å². The van der Waals surface area contributed by atoms with Gasteiger partial charge in [-0.1, -0.05) is 0 Å². The number of carbonyl (C=O) groups excluding carboxylic acids is 1. The highest BCUT2D eigenvalue weighted by Crippen LogP contribution is 2.25. The molecule has 14 heavy (non-hydrogen) atoms. The summed E-state index contributed by atoms with van der Waals surface area (Å²) < 4.78 is 5.05. The average molecular weight is 200 g/mol. The summed E-state index contributed by atoms with van der Waals surface area (Å²) in [7, 11) is 0. The van der Waals surface area contributed by atoms with Crippen LogP contribution in [0.1, 0.15) is 33.6 Å². The Kier molecular flexibility index (Phi) is 3.37. The lowest BCUT2D eigenvalue weighted by Crippen LogP contribution is -2.47. The van der Waals surface area contributed by atoms with Gasteiger partial charge in [0.15, 0.2) is 0 Å². The van der Waals surface area contributed by atoms with Gasteiger partial charge < -0.3 is 10.5 Å². The Bertz CT molecular complexity index is 211. The molecule has 1 atom stereocenters. The number of hydrogen-bond donors (Lipinski definition) is 1. The minimum Gasteiger partial charge on any atom is -0.447 e. The highest BCUT2D eigenvalue weighted by molar-refractivity contribution is 5.71. The monoisotopic (exact) mass is 200 g/mol. The number of cyclic esters (lactones) is 1. The van der Waals surface area contributed by atoms with Crippen molar-refractivity contribution in [2.45, 2.75) is 45.2 Å². The quantitative estimate of drug-likeness (QED) is 0.748. The molecule has 1 fully saturated rings. The molecule has 0 spiro atoms. The molecule has 0 saturated carbocycles. The van der Waals surface area contributed by atoms with Crippen LogP contribution >= 0.6 is 0 Å². The number of ether oxygens (including phenoxy) is 1. The van der Waals surface area contributed by atoms with Gasteiger partial charge in [-0.2, -0.15) is 0 Å². The Hall–Kier alpha value is -0.770. The first-order valence-corrected chi connectivity index (χ1v) is 5.13. The van der Waals surface area contributed by atoms with Gasteiger partial charge in [0.25, 0.3) is 0 Å². The van der Waals surface area contributed by atoms with E-state index in [1.54, 1.807) is 0 Å². The van der Waals surface area contributed by atoms with Crippen molar-refractivity contribution in [2.24, 2.45) is 5.73 Å². The molecule has 0 aliphatic carbocycles. The maximum absolute atomic E-state index is 11.5. The number of amides is 1. The summed E-state index contributed by atoms with van der Waals surface area (Å²) in [5, 5.41) is 0. The van der Waals surface area contributed by atoms with Crippen LogP contribution in [-0.4, -0.2) is 35.7 Å². The van der Waals surface area contributed by atoms with Gasteiger partial charge in [-0.3, -0.25) is 4.90 Å².